The van der Waals surface area contributed by atoms with Gasteiger partial charge in [0.15, 0.2) is 11.5 Å². The molecule has 1 heterocycles. The van der Waals surface area contributed by atoms with Crippen LogP contribution in [-0.2, 0) is 17.8 Å². The molecule has 2 N–H and O–H groups in total. The van der Waals surface area contributed by atoms with E-state index in [1.807, 2.05) is 36.9 Å². The van der Waals surface area contributed by atoms with E-state index in [1.54, 1.807) is 18.2 Å². The summed E-state index contributed by atoms with van der Waals surface area (Å²) in [5, 5.41) is 13.1. The number of phenols is 1. The van der Waals surface area contributed by atoms with Crippen LogP contribution in [0.15, 0.2) is 36.4 Å². The van der Waals surface area contributed by atoms with Crippen LogP contribution in [0.2, 0.25) is 0 Å². The van der Waals surface area contributed by atoms with E-state index in [0.29, 0.717) is 37.6 Å². The van der Waals surface area contributed by atoms with Crippen molar-refractivity contribution in [1.29, 1.82) is 0 Å². The number of nitrogens with one attached hydrogen (secondary N) is 1. The van der Waals surface area contributed by atoms with E-state index in [1.165, 1.54) is 7.11 Å². The second-order valence-electron chi connectivity index (χ2n) is 7.06. The van der Waals surface area contributed by atoms with Gasteiger partial charge in [0.25, 0.3) is 0 Å². The lowest BCUT2D eigenvalue weighted by Gasteiger charge is -2.37. The van der Waals surface area contributed by atoms with Crippen LogP contribution in [-0.4, -0.2) is 37.5 Å². The predicted molar refractivity (Wildman–Crippen MR) is 104 cm³/mol. The molecule has 0 unspecified atom stereocenters. The number of morpholine rings is 1. The average Bonchev–Trinajstić information content (AvgIpc) is 2.61. The predicted octanol–water partition coefficient (Wildman–Crippen LogP) is 3.44. The minimum absolute atomic E-state index is 0.0930. The monoisotopic (exact) mass is 374 g/mol. The third kappa shape index (κ3) is 4.90. The Bertz CT molecular complexity index is 774. The fourth-order valence-electron chi connectivity index (χ4n) is 3.49. The molecule has 5 nitrogen and oxygen atoms in total. The molecule has 0 saturated carbocycles. The molecule has 1 aliphatic heterocycles. The summed E-state index contributed by atoms with van der Waals surface area (Å²) in [5.74, 6) is 0.349. The number of hydrogen-bond donors (Lipinski definition) is 2. The minimum Gasteiger partial charge on any atom is -0.504 e. The van der Waals surface area contributed by atoms with E-state index in [9.17, 15) is 9.50 Å². The van der Waals surface area contributed by atoms with Crippen LogP contribution in [0.5, 0.6) is 11.5 Å². The molecule has 146 valence electrons. The van der Waals surface area contributed by atoms with Crippen molar-refractivity contribution in [1.82, 2.24) is 5.32 Å². The molecule has 2 aromatic rings. The van der Waals surface area contributed by atoms with Crippen molar-refractivity contribution < 1.29 is 19.0 Å². The Labute approximate surface area is 159 Å². The summed E-state index contributed by atoms with van der Waals surface area (Å²) >= 11 is 0. The maximum atomic E-state index is 14.6. The third-order valence-electron chi connectivity index (χ3n) is 4.67. The molecule has 0 spiro atoms. The zero-order valence-electron chi connectivity index (χ0n) is 16.0. The van der Waals surface area contributed by atoms with E-state index < -0.39 is 0 Å². The molecule has 0 aliphatic carbocycles. The molecular weight excluding hydrogens is 347 g/mol. The first kappa shape index (κ1) is 19.5. The largest absolute Gasteiger partial charge is 0.504 e. The second-order valence-corrected chi connectivity index (χ2v) is 7.06. The van der Waals surface area contributed by atoms with Gasteiger partial charge in [0.05, 0.1) is 25.0 Å². The second kappa shape index (κ2) is 8.59. The van der Waals surface area contributed by atoms with Gasteiger partial charge in [-0.3, -0.25) is 0 Å². The van der Waals surface area contributed by atoms with Gasteiger partial charge in [-0.25, -0.2) is 4.39 Å². The summed E-state index contributed by atoms with van der Waals surface area (Å²) in [7, 11) is 1.52. The summed E-state index contributed by atoms with van der Waals surface area (Å²) in [4.78, 5) is 2.05. The molecule has 2 atom stereocenters. The molecule has 6 heteroatoms. The third-order valence-corrected chi connectivity index (χ3v) is 4.67. The van der Waals surface area contributed by atoms with Gasteiger partial charge in [0.1, 0.15) is 5.82 Å². The molecule has 3 rings (SSSR count). The van der Waals surface area contributed by atoms with Crippen LogP contribution < -0.4 is 15.0 Å². The van der Waals surface area contributed by atoms with Crippen molar-refractivity contribution in [2.75, 3.05) is 25.1 Å². The Hall–Kier alpha value is -2.31. The Morgan fingerprint density at radius 2 is 1.74 bits per heavy atom. The van der Waals surface area contributed by atoms with E-state index in [-0.39, 0.29) is 23.8 Å². The van der Waals surface area contributed by atoms with Crippen LogP contribution in [0.3, 0.4) is 0 Å². The highest BCUT2D eigenvalue weighted by atomic mass is 19.1. The number of aromatic hydroxyl groups is 1. The molecular formula is C21H27FN2O3. The number of nitrogens with zero attached hydrogens (tertiary/aromatic N) is 1. The topological polar surface area (TPSA) is 54.0 Å². The van der Waals surface area contributed by atoms with Crippen molar-refractivity contribution in [2.45, 2.75) is 39.1 Å². The highest BCUT2D eigenvalue weighted by Crippen LogP contribution is 2.26. The van der Waals surface area contributed by atoms with E-state index in [2.05, 4.69) is 5.32 Å². The summed E-state index contributed by atoms with van der Waals surface area (Å²) in [5.41, 5.74) is 2.44. The van der Waals surface area contributed by atoms with Gasteiger partial charge in [-0.2, -0.15) is 0 Å². The van der Waals surface area contributed by atoms with E-state index >= 15 is 0 Å². The fraction of sp³-hybridized carbons (Fsp3) is 0.429. The van der Waals surface area contributed by atoms with Crippen molar-refractivity contribution >= 4 is 5.69 Å². The normalized spacial score (nSPS) is 19.9. The van der Waals surface area contributed by atoms with Gasteiger partial charge in [-0.05, 0) is 49.2 Å². The standard InChI is InChI=1S/C21H27FN2O3/c1-14-12-24(13-15(2)27-14)19-6-4-16(8-18(19)22)10-23-11-17-5-7-21(26-3)20(25)9-17/h4-9,14-15,23,25H,10-13H2,1-3H3/t14-,15-/m0/s1. The first-order valence-corrected chi connectivity index (χ1v) is 9.21. The number of halogens is 1. The van der Waals surface area contributed by atoms with Crippen LogP contribution in [0.1, 0.15) is 25.0 Å². The first-order chi connectivity index (χ1) is 13.0. The van der Waals surface area contributed by atoms with Gasteiger partial charge < -0.3 is 24.8 Å². The lowest BCUT2D eigenvalue weighted by molar-refractivity contribution is -0.00539. The van der Waals surface area contributed by atoms with Crippen molar-refractivity contribution in [3.05, 3.63) is 53.3 Å². The first-order valence-electron chi connectivity index (χ1n) is 9.21. The molecule has 1 saturated heterocycles. The number of methoxy groups -OCH3 is 1. The van der Waals surface area contributed by atoms with E-state index in [0.717, 1.165) is 11.1 Å². The van der Waals surface area contributed by atoms with Gasteiger partial charge in [-0.15, -0.1) is 0 Å². The maximum Gasteiger partial charge on any atom is 0.160 e. The highest BCUT2D eigenvalue weighted by Gasteiger charge is 2.24. The van der Waals surface area contributed by atoms with Crippen molar-refractivity contribution in [3.63, 3.8) is 0 Å². The maximum absolute atomic E-state index is 14.6. The van der Waals surface area contributed by atoms with Crippen LogP contribution in [0, 0.1) is 5.82 Å². The van der Waals surface area contributed by atoms with Gasteiger partial charge in [0.2, 0.25) is 0 Å². The quantitative estimate of drug-likeness (QED) is 0.811. The zero-order valence-corrected chi connectivity index (χ0v) is 16.0. The molecule has 1 aliphatic rings. The van der Waals surface area contributed by atoms with Gasteiger partial charge in [-0.1, -0.05) is 12.1 Å². The SMILES string of the molecule is COc1ccc(CNCc2ccc(N3C[C@H](C)O[C@@H](C)C3)c(F)c2)cc1O. The molecule has 0 amide bonds. The van der Waals surface area contributed by atoms with Crippen molar-refractivity contribution in [3.8, 4) is 11.5 Å². The fourth-order valence-corrected chi connectivity index (χ4v) is 3.49. The molecule has 2 aromatic carbocycles. The van der Waals surface area contributed by atoms with Crippen LogP contribution in [0.4, 0.5) is 10.1 Å². The number of hydrogen-bond acceptors (Lipinski definition) is 5. The van der Waals surface area contributed by atoms with Crippen molar-refractivity contribution in [2.24, 2.45) is 0 Å². The molecule has 0 radical (unpaired) electrons. The number of benzene rings is 2. The average molecular weight is 374 g/mol. The van der Waals surface area contributed by atoms with E-state index in [4.69, 9.17) is 9.47 Å². The van der Waals surface area contributed by atoms with Gasteiger partial charge in [0, 0.05) is 26.2 Å². The number of phenolic OH excluding ortho intramolecular Hbond substituents is 1. The Balaban J connectivity index is 1.58. The van der Waals surface area contributed by atoms with Crippen LogP contribution in [0.25, 0.3) is 0 Å². The summed E-state index contributed by atoms with van der Waals surface area (Å²) in [6.07, 6.45) is 0.186. The highest BCUT2D eigenvalue weighted by molar-refractivity contribution is 5.50. The summed E-state index contributed by atoms with van der Waals surface area (Å²) in [6.45, 7) is 6.52. The smallest absolute Gasteiger partial charge is 0.160 e. The van der Waals surface area contributed by atoms with Crippen LogP contribution >= 0.6 is 0 Å². The molecule has 1 fully saturated rings. The summed E-state index contributed by atoms with van der Waals surface area (Å²) in [6, 6.07) is 10.6. The zero-order chi connectivity index (χ0) is 19.4. The Morgan fingerprint density at radius 3 is 2.33 bits per heavy atom. The molecule has 27 heavy (non-hydrogen) atoms. The number of anilines is 1. The Morgan fingerprint density at radius 1 is 1.11 bits per heavy atom. The Kier molecular flexibility index (Phi) is 6.19. The number of rotatable bonds is 6. The van der Waals surface area contributed by atoms with Gasteiger partial charge >= 0.3 is 0 Å². The number of ether oxygens (including phenoxy) is 2. The lowest BCUT2D eigenvalue weighted by atomic mass is 10.1. The molecule has 0 aromatic heterocycles. The summed E-state index contributed by atoms with van der Waals surface area (Å²) < 4.78 is 25.4. The molecule has 0 bridgehead atoms. The minimum atomic E-state index is -0.210. The lowest BCUT2D eigenvalue weighted by Crippen LogP contribution is -2.45.